The van der Waals surface area contributed by atoms with Gasteiger partial charge in [0.1, 0.15) is 11.3 Å². The molecule has 8 nitrogen and oxygen atoms in total. The molecule has 116 valence electrons. The number of rotatable bonds is 3. The number of primary amides is 1. The van der Waals surface area contributed by atoms with Gasteiger partial charge >= 0.3 is 0 Å². The van der Waals surface area contributed by atoms with Crippen LogP contribution in [-0.4, -0.2) is 43.7 Å². The van der Waals surface area contributed by atoms with Crippen molar-refractivity contribution >= 4 is 22.9 Å². The van der Waals surface area contributed by atoms with Crippen LogP contribution in [0.15, 0.2) is 36.9 Å². The van der Waals surface area contributed by atoms with Crippen molar-refractivity contribution in [2.45, 2.75) is 12.5 Å². The van der Waals surface area contributed by atoms with E-state index in [1.165, 1.54) is 6.20 Å². The first-order chi connectivity index (χ1) is 11.2. The lowest BCUT2D eigenvalue weighted by Gasteiger charge is -2.17. The molecule has 0 spiro atoms. The van der Waals surface area contributed by atoms with Crippen molar-refractivity contribution in [1.29, 1.82) is 0 Å². The van der Waals surface area contributed by atoms with Crippen LogP contribution in [0.2, 0.25) is 0 Å². The van der Waals surface area contributed by atoms with Crippen LogP contribution in [0.4, 0.5) is 5.82 Å². The first kappa shape index (κ1) is 13.6. The smallest absolute Gasteiger partial charge is 0.251 e. The molecule has 0 bridgehead atoms. The molecule has 1 saturated heterocycles. The molecule has 0 radical (unpaired) electrons. The van der Waals surface area contributed by atoms with E-state index in [4.69, 9.17) is 5.73 Å². The molecule has 1 aliphatic heterocycles. The van der Waals surface area contributed by atoms with Crippen molar-refractivity contribution in [3.8, 4) is 0 Å². The summed E-state index contributed by atoms with van der Waals surface area (Å²) in [6, 6.07) is 4.08. The van der Waals surface area contributed by atoms with Gasteiger partial charge < -0.3 is 10.6 Å². The average Bonchev–Trinajstić information content (AvgIpc) is 3.23. The van der Waals surface area contributed by atoms with Gasteiger partial charge in [0.25, 0.3) is 5.91 Å². The van der Waals surface area contributed by atoms with Gasteiger partial charge in [0, 0.05) is 31.7 Å². The summed E-state index contributed by atoms with van der Waals surface area (Å²) in [6.45, 7) is 1.65. The molecule has 0 aliphatic carbocycles. The fourth-order valence-electron chi connectivity index (χ4n) is 2.85. The van der Waals surface area contributed by atoms with Crippen LogP contribution in [0.5, 0.6) is 0 Å². The minimum absolute atomic E-state index is 0.197. The van der Waals surface area contributed by atoms with Crippen LogP contribution in [-0.2, 0) is 0 Å². The summed E-state index contributed by atoms with van der Waals surface area (Å²) in [5.41, 5.74) is 7.13. The molecule has 3 aromatic rings. The highest BCUT2D eigenvalue weighted by atomic mass is 16.1. The molecule has 1 amide bonds. The van der Waals surface area contributed by atoms with Crippen LogP contribution >= 0.6 is 0 Å². The van der Waals surface area contributed by atoms with E-state index in [0.29, 0.717) is 11.2 Å². The third-order valence-corrected chi connectivity index (χ3v) is 4.06. The molecule has 2 N–H and O–H groups in total. The molecule has 4 heterocycles. The maximum atomic E-state index is 11.2. The molecular formula is C15H15N7O. The van der Waals surface area contributed by atoms with Crippen LogP contribution in [0.3, 0.4) is 0 Å². The van der Waals surface area contributed by atoms with Gasteiger partial charge in [-0.3, -0.25) is 14.5 Å². The van der Waals surface area contributed by atoms with Crippen LogP contribution in [0, 0.1) is 0 Å². The molecule has 23 heavy (non-hydrogen) atoms. The largest absolute Gasteiger partial charge is 0.366 e. The fourth-order valence-corrected chi connectivity index (χ4v) is 2.85. The van der Waals surface area contributed by atoms with Gasteiger partial charge in [0.05, 0.1) is 17.8 Å². The first-order valence-electron chi connectivity index (χ1n) is 7.37. The lowest BCUT2D eigenvalue weighted by atomic mass is 10.3. The summed E-state index contributed by atoms with van der Waals surface area (Å²) >= 11 is 0. The molecule has 3 aromatic heterocycles. The predicted molar refractivity (Wildman–Crippen MR) is 83.9 cm³/mol. The standard InChI is InChI=1S/C15H15N7O/c16-14(23)10-7-19-22(8-10)11-3-6-21(9-11)13-2-1-12-15(20-13)18-5-4-17-12/h1-2,4-5,7-8,11H,3,6,9H2,(H2,16,23). The van der Waals surface area contributed by atoms with E-state index in [2.05, 4.69) is 25.0 Å². The second-order valence-electron chi connectivity index (χ2n) is 5.53. The van der Waals surface area contributed by atoms with Crippen molar-refractivity contribution in [3.05, 3.63) is 42.5 Å². The zero-order chi connectivity index (χ0) is 15.8. The highest BCUT2D eigenvalue weighted by Gasteiger charge is 2.26. The minimum atomic E-state index is -0.458. The number of hydrogen-bond acceptors (Lipinski definition) is 6. The first-order valence-corrected chi connectivity index (χ1v) is 7.37. The Kier molecular flexibility index (Phi) is 3.14. The number of aromatic nitrogens is 5. The van der Waals surface area contributed by atoms with Gasteiger partial charge in [-0.25, -0.2) is 9.97 Å². The SMILES string of the molecule is NC(=O)c1cnn(C2CCN(c3ccc4nccnc4n3)C2)c1. The number of carbonyl (C=O) groups excluding carboxylic acids is 1. The summed E-state index contributed by atoms with van der Waals surface area (Å²) in [7, 11) is 0. The van der Waals surface area contributed by atoms with E-state index >= 15 is 0 Å². The van der Waals surface area contributed by atoms with Gasteiger partial charge in [-0.2, -0.15) is 5.10 Å². The number of carbonyl (C=O) groups is 1. The molecule has 1 atom stereocenters. The third-order valence-electron chi connectivity index (χ3n) is 4.06. The summed E-state index contributed by atoms with van der Waals surface area (Å²) in [5, 5.41) is 4.24. The van der Waals surface area contributed by atoms with Crippen LogP contribution in [0.1, 0.15) is 22.8 Å². The number of anilines is 1. The maximum Gasteiger partial charge on any atom is 0.251 e. The zero-order valence-corrected chi connectivity index (χ0v) is 12.3. The highest BCUT2D eigenvalue weighted by Crippen LogP contribution is 2.26. The number of pyridine rings is 1. The van der Waals surface area contributed by atoms with Gasteiger partial charge in [0.2, 0.25) is 0 Å². The molecule has 1 unspecified atom stereocenters. The third kappa shape index (κ3) is 2.48. The molecule has 8 heteroatoms. The Bertz CT molecular complexity index is 875. The van der Waals surface area contributed by atoms with Gasteiger partial charge in [-0.1, -0.05) is 0 Å². The number of fused-ring (bicyclic) bond motifs is 1. The number of hydrogen-bond donors (Lipinski definition) is 1. The lowest BCUT2D eigenvalue weighted by molar-refractivity contribution is 0.1000. The Morgan fingerprint density at radius 2 is 2.13 bits per heavy atom. The average molecular weight is 309 g/mol. The molecule has 1 aliphatic rings. The van der Waals surface area contributed by atoms with Gasteiger partial charge in [-0.15, -0.1) is 0 Å². The Hall–Kier alpha value is -3.03. The molecular weight excluding hydrogens is 294 g/mol. The Morgan fingerprint density at radius 1 is 1.26 bits per heavy atom. The number of nitrogens with zero attached hydrogens (tertiary/aromatic N) is 6. The van der Waals surface area contributed by atoms with E-state index in [1.807, 2.05) is 12.1 Å². The van der Waals surface area contributed by atoms with E-state index in [9.17, 15) is 4.79 Å². The zero-order valence-electron chi connectivity index (χ0n) is 12.3. The Labute approximate surface area is 132 Å². The van der Waals surface area contributed by atoms with Gasteiger partial charge in [0.15, 0.2) is 5.65 Å². The predicted octanol–water partition coefficient (Wildman–Crippen LogP) is 0.772. The Morgan fingerprint density at radius 3 is 2.96 bits per heavy atom. The van der Waals surface area contributed by atoms with Crippen molar-refractivity contribution in [3.63, 3.8) is 0 Å². The Balaban J connectivity index is 1.55. The van der Waals surface area contributed by atoms with Crippen molar-refractivity contribution in [2.24, 2.45) is 5.73 Å². The van der Waals surface area contributed by atoms with Crippen molar-refractivity contribution in [2.75, 3.05) is 18.0 Å². The summed E-state index contributed by atoms with van der Waals surface area (Å²) in [5.74, 6) is 0.420. The summed E-state index contributed by atoms with van der Waals surface area (Å²) in [4.78, 5) is 26.4. The molecule has 0 aromatic carbocycles. The summed E-state index contributed by atoms with van der Waals surface area (Å²) in [6.07, 6.45) is 7.44. The lowest BCUT2D eigenvalue weighted by Crippen LogP contribution is -2.22. The summed E-state index contributed by atoms with van der Waals surface area (Å²) < 4.78 is 1.81. The fraction of sp³-hybridized carbons (Fsp3) is 0.267. The van der Waals surface area contributed by atoms with Crippen molar-refractivity contribution in [1.82, 2.24) is 24.7 Å². The highest BCUT2D eigenvalue weighted by molar-refractivity contribution is 5.92. The number of nitrogens with two attached hydrogens (primary N) is 1. The topological polar surface area (TPSA) is 103 Å². The van der Waals surface area contributed by atoms with Crippen molar-refractivity contribution < 1.29 is 4.79 Å². The minimum Gasteiger partial charge on any atom is -0.366 e. The van der Waals surface area contributed by atoms with E-state index < -0.39 is 5.91 Å². The van der Waals surface area contributed by atoms with Crippen LogP contribution < -0.4 is 10.6 Å². The monoisotopic (exact) mass is 309 g/mol. The van der Waals surface area contributed by atoms with Crippen LogP contribution in [0.25, 0.3) is 11.2 Å². The second kappa shape index (κ2) is 5.31. The van der Waals surface area contributed by atoms with E-state index in [-0.39, 0.29) is 6.04 Å². The van der Waals surface area contributed by atoms with E-state index in [0.717, 1.165) is 30.8 Å². The normalized spacial score (nSPS) is 17.7. The quantitative estimate of drug-likeness (QED) is 0.766. The van der Waals surface area contributed by atoms with E-state index in [1.54, 1.807) is 23.3 Å². The molecule has 4 rings (SSSR count). The molecule has 1 fully saturated rings. The maximum absolute atomic E-state index is 11.2. The number of amides is 1. The second-order valence-corrected chi connectivity index (χ2v) is 5.53. The van der Waals surface area contributed by atoms with Gasteiger partial charge in [-0.05, 0) is 18.6 Å². The molecule has 0 saturated carbocycles.